The number of amides is 2. The third kappa shape index (κ3) is 7.27. The number of H-pyrrole nitrogens is 1. The fourth-order valence-electron chi connectivity index (χ4n) is 4.39. The van der Waals surface area contributed by atoms with E-state index < -0.39 is 35.4 Å². The summed E-state index contributed by atoms with van der Waals surface area (Å²) in [5.74, 6) is -0.441. The first-order chi connectivity index (χ1) is 17.3. The van der Waals surface area contributed by atoms with E-state index in [1.54, 1.807) is 60.7 Å². The third-order valence-electron chi connectivity index (χ3n) is 5.73. The SMILES string of the molecule is CCOC(=O)c1[nH]ccc1NCc1cccc2c1C(N(C(=O)OC(C)(C)C)C(=O)OC(C)(C)C)CCC2. The highest BCUT2D eigenvalue weighted by Crippen LogP contribution is 2.38. The van der Waals surface area contributed by atoms with Crippen LogP contribution >= 0.6 is 0 Å². The highest BCUT2D eigenvalue weighted by atomic mass is 16.6. The molecule has 1 aromatic heterocycles. The van der Waals surface area contributed by atoms with Crippen LogP contribution in [0.1, 0.15) is 94.5 Å². The molecule has 0 aliphatic heterocycles. The van der Waals surface area contributed by atoms with Crippen LogP contribution in [-0.2, 0) is 27.2 Å². The number of hydrogen-bond donors (Lipinski definition) is 2. The molecule has 1 heterocycles. The van der Waals surface area contributed by atoms with Crippen molar-refractivity contribution in [3.8, 4) is 0 Å². The van der Waals surface area contributed by atoms with Crippen molar-refractivity contribution in [3.05, 3.63) is 52.8 Å². The van der Waals surface area contributed by atoms with Gasteiger partial charge in [-0.3, -0.25) is 0 Å². The van der Waals surface area contributed by atoms with Gasteiger partial charge in [0, 0.05) is 12.7 Å². The van der Waals surface area contributed by atoms with E-state index in [-0.39, 0.29) is 6.61 Å². The van der Waals surface area contributed by atoms with E-state index in [9.17, 15) is 14.4 Å². The topological polar surface area (TPSA) is 110 Å². The number of aryl methyl sites for hydroxylation is 1. The van der Waals surface area contributed by atoms with Gasteiger partial charge in [-0.1, -0.05) is 18.2 Å². The summed E-state index contributed by atoms with van der Waals surface area (Å²) in [6, 6.07) is 7.17. The monoisotopic (exact) mass is 513 g/mol. The predicted octanol–water partition coefficient (Wildman–Crippen LogP) is 6.35. The molecule has 0 radical (unpaired) electrons. The first-order valence-electron chi connectivity index (χ1n) is 12.7. The van der Waals surface area contributed by atoms with Gasteiger partial charge in [-0.25, -0.2) is 19.3 Å². The highest BCUT2D eigenvalue weighted by molar-refractivity contribution is 5.93. The Bertz CT molecular complexity index is 1100. The molecule has 1 unspecified atom stereocenters. The molecule has 0 spiro atoms. The third-order valence-corrected chi connectivity index (χ3v) is 5.73. The van der Waals surface area contributed by atoms with Gasteiger partial charge in [0.25, 0.3) is 0 Å². The molecule has 1 atom stereocenters. The fourth-order valence-corrected chi connectivity index (χ4v) is 4.39. The van der Waals surface area contributed by atoms with E-state index in [0.29, 0.717) is 24.3 Å². The lowest BCUT2D eigenvalue weighted by molar-refractivity contribution is -0.00926. The summed E-state index contributed by atoms with van der Waals surface area (Å²) in [4.78, 5) is 43.1. The van der Waals surface area contributed by atoms with E-state index in [1.165, 1.54) is 0 Å². The average molecular weight is 514 g/mol. The molecule has 0 fully saturated rings. The molecule has 1 aromatic carbocycles. The number of aromatic nitrogens is 1. The Morgan fingerprint density at radius 2 is 1.68 bits per heavy atom. The standard InChI is InChI=1S/C28H39N3O6/c1-8-35-24(32)23-20(15-16-29-23)30-17-19-13-9-11-18-12-10-14-21(22(18)19)31(25(33)36-27(2,3)4)26(34)37-28(5,6)7/h9,11,13,15-16,21,29-30H,8,10,12,14,17H2,1-7H3. The normalized spacial score (nSPS) is 15.4. The molecule has 0 saturated heterocycles. The van der Waals surface area contributed by atoms with Crippen LogP contribution < -0.4 is 5.32 Å². The first-order valence-corrected chi connectivity index (χ1v) is 12.7. The fraction of sp³-hybridized carbons (Fsp3) is 0.536. The van der Waals surface area contributed by atoms with E-state index >= 15 is 0 Å². The van der Waals surface area contributed by atoms with E-state index in [4.69, 9.17) is 14.2 Å². The summed E-state index contributed by atoms with van der Waals surface area (Å²) in [5, 5.41) is 3.31. The molecule has 2 amide bonds. The molecule has 37 heavy (non-hydrogen) atoms. The summed E-state index contributed by atoms with van der Waals surface area (Å²) in [5.41, 5.74) is 2.25. The van der Waals surface area contributed by atoms with Crippen LogP contribution in [0, 0.1) is 0 Å². The average Bonchev–Trinajstić information content (AvgIpc) is 3.24. The summed E-state index contributed by atoms with van der Waals surface area (Å²) in [6.07, 6.45) is 2.41. The molecule has 202 valence electrons. The smallest absolute Gasteiger partial charge is 0.420 e. The summed E-state index contributed by atoms with van der Waals surface area (Å²) in [7, 11) is 0. The van der Waals surface area contributed by atoms with Crippen molar-refractivity contribution >= 4 is 23.8 Å². The Labute approximate surface area is 218 Å². The summed E-state index contributed by atoms with van der Waals surface area (Å²) >= 11 is 0. The van der Waals surface area contributed by atoms with Crippen molar-refractivity contribution in [3.63, 3.8) is 0 Å². The molecule has 2 N–H and O–H groups in total. The number of carbonyl (C=O) groups is 3. The van der Waals surface area contributed by atoms with E-state index in [2.05, 4.69) is 10.3 Å². The Morgan fingerprint density at radius 3 is 2.27 bits per heavy atom. The number of benzene rings is 1. The van der Waals surface area contributed by atoms with Crippen LogP contribution in [0.5, 0.6) is 0 Å². The predicted molar refractivity (Wildman–Crippen MR) is 141 cm³/mol. The van der Waals surface area contributed by atoms with Crippen LogP contribution in [-0.4, -0.2) is 45.8 Å². The van der Waals surface area contributed by atoms with Crippen molar-refractivity contribution in [1.82, 2.24) is 9.88 Å². The molecule has 0 saturated carbocycles. The number of ether oxygens (including phenoxy) is 3. The highest BCUT2D eigenvalue weighted by Gasteiger charge is 2.40. The Kier molecular flexibility index (Phi) is 8.56. The van der Waals surface area contributed by atoms with Crippen LogP contribution in [0.2, 0.25) is 0 Å². The molecule has 9 heteroatoms. The Hall–Kier alpha value is -3.49. The van der Waals surface area contributed by atoms with Gasteiger partial charge in [-0.2, -0.15) is 0 Å². The van der Waals surface area contributed by atoms with Crippen molar-refractivity contribution in [2.45, 2.75) is 91.5 Å². The number of fused-ring (bicyclic) bond motifs is 1. The van der Waals surface area contributed by atoms with Gasteiger partial charge in [0.05, 0.1) is 18.3 Å². The zero-order chi connectivity index (χ0) is 27.4. The molecule has 1 aliphatic rings. The van der Waals surface area contributed by atoms with Crippen molar-refractivity contribution in [1.29, 1.82) is 0 Å². The minimum absolute atomic E-state index is 0.274. The van der Waals surface area contributed by atoms with Gasteiger partial charge in [0.15, 0.2) is 0 Å². The van der Waals surface area contributed by atoms with Gasteiger partial charge in [-0.05, 0) is 90.5 Å². The Balaban J connectivity index is 1.97. The number of anilines is 1. The van der Waals surface area contributed by atoms with Crippen LogP contribution in [0.3, 0.4) is 0 Å². The minimum atomic E-state index is -0.784. The number of nitrogens with one attached hydrogen (secondary N) is 2. The number of nitrogens with zero attached hydrogens (tertiary/aromatic N) is 1. The number of rotatable bonds is 6. The lowest BCUT2D eigenvalue weighted by Crippen LogP contribution is -2.46. The Morgan fingerprint density at radius 1 is 1.03 bits per heavy atom. The number of imide groups is 1. The minimum Gasteiger partial charge on any atom is -0.461 e. The van der Waals surface area contributed by atoms with Crippen LogP contribution in [0.25, 0.3) is 0 Å². The zero-order valence-corrected chi connectivity index (χ0v) is 22.9. The molecular formula is C28H39N3O6. The summed E-state index contributed by atoms with van der Waals surface area (Å²) < 4.78 is 16.4. The van der Waals surface area contributed by atoms with Crippen molar-refractivity contribution in [2.24, 2.45) is 0 Å². The maximum Gasteiger partial charge on any atom is 0.420 e. The second-order valence-corrected chi connectivity index (χ2v) is 11.1. The maximum atomic E-state index is 13.4. The molecule has 1 aliphatic carbocycles. The maximum absolute atomic E-state index is 13.4. The van der Waals surface area contributed by atoms with Crippen molar-refractivity contribution < 1.29 is 28.6 Å². The lowest BCUT2D eigenvalue weighted by atomic mass is 9.83. The molecule has 0 bridgehead atoms. The zero-order valence-electron chi connectivity index (χ0n) is 22.9. The molecule has 2 aromatic rings. The number of carbonyl (C=O) groups excluding carboxylic acids is 3. The summed E-state index contributed by atoms with van der Waals surface area (Å²) in [6.45, 7) is 13.0. The van der Waals surface area contributed by atoms with Gasteiger partial charge >= 0.3 is 18.2 Å². The largest absolute Gasteiger partial charge is 0.461 e. The van der Waals surface area contributed by atoms with E-state index in [1.807, 2.05) is 18.2 Å². The lowest BCUT2D eigenvalue weighted by Gasteiger charge is -2.37. The van der Waals surface area contributed by atoms with Gasteiger partial charge in [-0.15, -0.1) is 0 Å². The quantitative estimate of drug-likeness (QED) is 0.342. The number of esters is 1. The van der Waals surface area contributed by atoms with Gasteiger partial charge in [0.1, 0.15) is 16.9 Å². The van der Waals surface area contributed by atoms with Gasteiger partial charge < -0.3 is 24.5 Å². The van der Waals surface area contributed by atoms with Crippen LogP contribution in [0.15, 0.2) is 30.5 Å². The molecule has 3 rings (SSSR count). The molecule has 9 nitrogen and oxygen atoms in total. The van der Waals surface area contributed by atoms with Gasteiger partial charge in [0.2, 0.25) is 0 Å². The van der Waals surface area contributed by atoms with Crippen LogP contribution in [0.4, 0.5) is 15.3 Å². The second-order valence-electron chi connectivity index (χ2n) is 11.1. The second kappa shape index (κ2) is 11.3. The number of aromatic amines is 1. The first kappa shape index (κ1) is 28.1. The van der Waals surface area contributed by atoms with Crippen molar-refractivity contribution in [2.75, 3.05) is 11.9 Å². The number of hydrogen-bond acceptors (Lipinski definition) is 7. The van der Waals surface area contributed by atoms with E-state index in [0.717, 1.165) is 34.4 Å². The molecular weight excluding hydrogens is 474 g/mol.